The zero-order chi connectivity index (χ0) is 17.1. The maximum Gasteiger partial charge on any atom is 0.348 e. The van der Waals surface area contributed by atoms with Gasteiger partial charge in [0, 0.05) is 30.0 Å². The zero-order valence-electron chi connectivity index (χ0n) is 13.6. The van der Waals surface area contributed by atoms with Crippen molar-refractivity contribution in [3.05, 3.63) is 57.6 Å². The molecular formula is C18H19NO4S. The summed E-state index contributed by atoms with van der Waals surface area (Å²) < 4.78 is 10.4. The minimum Gasteiger partial charge on any atom is -0.507 e. The van der Waals surface area contributed by atoms with Crippen molar-refractivity contribution in [3.8, 4) is 11.5 Å². The van der Waals surface area contributed by atoms with E-state index in [-0.39, 0.29) is 16.6 Å². The van der Waals surface area contributed by atoms with Gasteiger partial charge >= 0.3 is 5.63 Å². The predicted octanol–water partition coefficient (Wildman–Crippen LogP) is 3.33. The van der Waals surface area contributed by atoms with Crippen LogP contribution in [0.5, 0.6) is 11.5 Å². The number of methoxy groups -OCH3 is 1. The summed E-state index contributed by atoms with van der Waals surface area (Å²) in [6.45, 7) is 2.24. The standard InChI is InChI=1S/C18H19NO4S/c1-11-8-15(20)17(18(21)23-11)14-10-16(24-7-6-19-14)12-4-3-5-13(9-12)22-2/h3-5,8-9,16,20H,6-7,10H2,1-2H3. The summed E-state index contributed by atoms with van der Waals surface area (Å²) in [5.41, 5.74) is 1.35. The van der Waals surface area contributed by atoms with Crippen molar-refractivity contribution >= 4 is 17.5 Å². The van der Waals surface area contributed by atoms with Crippen LogP contribution in [0.1, 0.15) is 28.6 Å². The number of rotatable bonds is 3. The second-order valence-electron chi connectivity index (χ2n) is 5.57. The summed E-state index contributed by atoms with van der Waals surface area (Å²) in [7, 11) is 1.64. The number of aromatic hydroxyl groups is 1. The van der Waals surface area contributed by atoms with Crippen LogP contribution < -0.4 is 10.4 Å². The van der Waals surface area contributed by atoms with Gasteiger partial charge in [-0.2, -0.15) is 11.8 Å². The van der Waals surface area contributed by atoms with Crippen molar-refractivity contribution in [1.82, 2.24) is 0 Å². The highest BCUT2D eigenvalue weighted by Crippen LogP contribution is 2.37. The summed E-state index contributed by atoms with van der Waals surface area (Å²) in [4.78, 5) is 16.7. The first-order chi connectivity index (χ1) is 11.6. The van der Waals surface area contributed by atoms with E-state index in [0.29, 0.717) is 24.4 Å². The van der Waals surface area contributed by atoms with Gasteiger partial charge < -0.3 is 14.3 Å². The second-order valence-corrected chi connectivity index (χ2v) is 6.88. The van der Waals surface area contributed by atoms with E-state index in [1.165, 1.54) is 6.07 Å². The van der Waals surface area contributed by atoms with Crippen LogP contribution in [0.15, 0.2) is 44.5 Å². The highest BCUT2D eigenvalue weighted by atomic mass is 32.2. The zero-order valence-corrected chi connectivity index (χ0v) is 14.4. The van der Waals surface area contributed by atoms with E-state index in [2.05, 4.69) is 4.99 Å². The van der Waals surface area contributed by atoms with E-state index in [4.69, 9.17) is 9.15 Å². The van der Waals surface area contributed by atoms with Crippen molar-refractivity contribution < 1.29 is 14.3 Å². The summed E-state index contributed by atoms with van der Waals surface area (Å²) in [5.74, 6) is 1.96. The lowest BCUT2D eigenvalue weighted by molar-refractivity contribution is 0.414. The molecule has 2 heterocycles. The first kappa shape index (κ1) is 16.6. The van der Waals surface area contributed by atoms with Gasteiger partial charge in [-0.1, -0.05) is 12.1 Å². The van der Waals surface area contributed by atoms with E-state index in [9.17, 15) is 9.90 Å². The third-order valence-electron chi connectivity index (χ3n) is 3.90. The molecule has 0 amide bonds. The van der Waals surface area contributed by atoms with Crippen LogP contribution in [-0.4, -0.2) is 30.2 Å². The van der Waals surface area contributed by atoms with Gasteiger partial charge in [0.15, 0.2) is 0 Å². The average molecular weight is 345 g/mol. The number of hydrogen-bond acceptors (Lipinski definition) is 6. The Balaban J connectivity index is 1.96. The molecule has 0 bridgehead atoms. The molecule has 0 fully saturated rings. The number of nitrogens with zero attached hydrogens (tertiary/aromatic N) is 1. The highest BCUT2D eigenvalue weighted by Gasteiger charge is 2.24. The van der Waals surface area contributed by atoms with Gasteiger partial charge in [0.2, 0.25) is 0 Å². The number of aryl methyl sites for hydroxylation is 1. The summed E-state index contributed by atoms with van der Waals surface area (Å²) in [5, 5.41) is 10.3. The third kappa shape index (κ3) is 3.48. The van der Waals surface area contributed by atoms with Crippen LogP contribution in [0.4, 0.5) is 0 Å². The molecule has 2 aromatic rings. The molecule has 24 heavy (non-hydrogen) atoms. The van der Waals surface area contributed by atoms with Crippen LogP contribution in [0.2, 0.25) is 0 Å². The Morgan fingerprint density at radius 3 is 2.96 bits per heavy atom. The van der Waals surface area contributed by atoms with Gasteiger partial charge in [-0.3, -0.25) is 4.99 Å². The predicted molar refractivity (Wildman–Crippen MR) is 95.6 cm³/mol. The second kappa shape index (κ2) is 7.13. The van der Waals surface area contributed by atoms with Gasteiger partial charge in [-0.25, -0.2) is 4.79 Å². The maximum absolute atomic E-state index is 12.2. The number of benzene rings is 1. The Hall–Kier alpha value is -2.21. The van der Waals surface area contributed by atoms with Gasteiger partial charge in [-0.15, -0.1) is 0 Å². The van der Waals surface area contributed by atoms with E-state index in [1.54, 1.807) is 25.8 Å². The highest BCUT2D eigenvalue weighted by molar-refractivity contribution is 7.99. The fourth-order valence-electron chi connectivity index (χ4n) is 2.77. The minimum absolute atomic E-state index is 0.0706. The number of aliphatic imine (C=N–C) groups is 1. The maximum atomic E-state index is 12.2. The van der Waals surface area contributed by atoms with Crippen LogP contribution in [0, 0.1) is 6.92 Å². The molecule has 1 atom stereocenters. The molecule has 0 spiro atoms. The summed E-state index contributed by atoms with van der Waals surface area (Å²) in [6.07, 6.45) is 0.555. The van der Waals surface area contributed by atoms with E-state index in [1.807, 2.05) is 24.3 Å². The lowest BCUT2D eigenvalue weighted by atomic mass is 10.0. The Kier molecular flexibility index (Phi) is 4.94. The topological polar surface area (TPSA) is 72.0 Å². The molecule has 0 saturated carbocycles. The molecule has 5 nitrogen and oxygen atoms in total. The normalized spacial score (nSPS) is 17.9. The Bertz CT molecular complexity index is 828. The Morgan fingerprint density at radius 2 is 2.21 bits per heavy atom. The van der Waals surface area contributed by atoms with Gasteiger partial charge in [0.1, 0.15) is 22.8 Å². The van der Waals surface area contributed by atoms with Gasteiger partial charge in [0.25, 0.3) is 0 Å². The van der Waals surface area contributed by atoms with Gasteiger partial charge in [0.05, 0.1) is 12.8 Å². The average Bonchev–Trinajstić information content (AvgIpc) is 2.80. The molecule has 1 aliphatic rings. The molecule has 1 aromatic heterocycles. The number of hydrogen-bond donors (Lipinski definition) is 1. The Morgan fingerprint density at radius 1 is 1.38 bits per heavy atom. The molecule has 6 heteroatoms. The fourth-order valence-corrected chi connectivity index (χ4v) is 3.87. The summed E-state index contributed by atoms with van der Waals surface area (Å²) >= 11 is 1.79. The molecule has 1 unspecified atom stereocenters. The monoisotopic (exact) mass is 345 g/mol. The lowest BCUT2D eigenvalue weighted by Crippen LogP contribution is -2.17. The minimum atomic E-state index is -0.539. The van der Waals surface area contributed by atoms with Crippen molar-refractivity contribution in [3.63, 3.8) is 0 Å². The number of thioether (sulfide) groups is 1. The van der Waals surface area contributed by atoms with Crippen molar-refractivity contribution in [2.45, 2.75) is 18.6 Å². The fraction of sp³-hybridized carbons (Fsp3) is 0.333. The molecule has 1 aliphatic heterocycles. The van der Waals surface area contributed by atoms with E-state index < -0.39 is 5.63 Å². The van der Waals surface area contributed by atoms with Crippen molar-refractivity contribution in [2.24, 2.45) is 4.99 Å². The first-order valence-electron chi connectivity index (χ1n) is 7.71. The van der Waals surface area contributed by atoms with Crippen LogP contribution in [-0.2, 0) is 0 Å². The van der Waals surface area contributed by atoms with E-state index in [0.717, 1.165) is 17.1 Å². The molecule has 0 aliphatic carbocycles. The van der Waals surface area contributed by atoms with Crippen molar-refractivity contribution in [1.29, 1.82) is 0 Å². The smallest absolute Gasteiger partial charge is 0.348 e. The largest absolute Gasteiger partial charge is 0.507 e. The molecule has 1 aromatic carbocycles. The van der Waals surface area contributed by atoms with E-state index >= 15 is 0 Å². The number of ether oxygens (including phenoxy) is 1. The van der Waals surface area contributed by atoms with Crippen molar-refractivity contribution in [2.75, 3.05) is 19.4 Å². The van der Waals surface area contributed by atoms with Crippen LogP contribution >= 0.6 is 11.8 Å². The Labute approximate surface area is 144 Å². The third-order valence-corrected chi connectivity index (χ3v) is 5.16. The van der Waals surface area contributed by atoms with Crippen LogP contribution in [0.3, 0.4) is 0 Å². The lowest BCUT2D eigenvalue weighted by Gasteiger charge is -2.16. The molecule has 126 valence electrons. The molecule has 0 saturated heterocycles. The van der Waals surface area contributed by atoms with Crippen LogP contribution in [0.25, 0.3) is 0 Å². The quantitative estimate of drug-likeness (QED) is 0.924. The molecule has 1 N–H and O–H groups in total. The molecule has 0 radical (unpaired) electrons. The SMILES string of the molecule is COc1cccc(C2CC(c3c(O)cc(C)oc3=O)=NCCS2)c1. The molecule has 3 rings (SSSR count). The van der Waals surface area contributed by atoms with Gasteiger partial charge in [-0.05, 0) is 24.6 Å². The molecular weight excluding hydrogens is 326 g/mol. The summed E-state index contributed by atoms with van der Waals surface area (Å²) in [6, 6.07) is 9.35. The first-order valence-corrected chi connectivity index (χ1v) is 8.76.